The second-order valence-corrected chi connectivity index (χ2v) is 5.77. The Labute approximate surface area is 123 Å². The molecule has 19 heavy (non-hydrogen) atoms. The van der Waals surface area contributed by atoms with Crippen LogP contribution in [0.1, 0.15) is 37.1 Å². The molecule has 0 radical (unpaired) electrons. The van der Waals surface area contributed by atoms with Gasteiger partial charge in [-0.15, -0.1) is 0 Å². The number of hydrogen-bond acceptors (Lipinski definition) is 2. The number of benzene rings is 1. The fourth-order valence-electron chi connectivity index (χ4n) is 2.54. The summed E-state index contributed by atoms with van der Waals surface area (Å²) >= 11 is 3.62. The summed E-state index contributed by atoms with van der Waals surface area (Å²) in [6.45, 7) is 9.64. The van der Waals surface area contributed by atoms with Gasteiger partial charge < -0.3 is 5.32 Å². The highest BCUT2D eigenvalue weighted by molar-refractivity contribution is 9.10. The number of nitrogens with zero attached hydrogens (tertiary/aromatic N) is 1. The third-order valence-electron chi connectivity index (χ3n) is 3.51. The van der Waals surface area contributed by atoms with Crippen molar-refractivity contribution >= 4 is 32.5 Å². The van der Waals surface area contributed by atoms with Crippen molar-refractivity contribution < 1.29 is 0 Å². The van der Waals surface area contributed by atoms with Crippen molar-refractivity contribution in [3.8, 4) is 0 Å². The molecule has 2 aromatic rings. The molecule has 2 rings (SSSR count). The van der Waals surface area contributed by atoms with Crippen LogP contribution in [0.15, 0.2) is 16.6 Å². The van der Waals surface area contributed by atoms with Gasteiger partial charge >= 0.3 is 0 Å². The van der Waals surface area contributed by atoms with Crippen LogP contribution < -0.4 is 5.32 Å². The molecule has 1 N–H and O–H groups in total. The standard InChI is InChI=1S/C16H21BrN2/c1-5-9-18-15-12(6-2)11(4)19-16-13(17)8-7-10(3)14(15)16/h7-8H,5-6,9H2,1-4H3,(H,18,19). The molecular weight excluding hydrogens is 300 g/mol. The lowest BCUT2D eigenvalue weighted by atomic mass is 10.0. The van der Waals surface area contributed by atoms with Gasteiger partial charge in [-0.1, -0.05) is 19.9 Å². The first-order valence-electron chi connectivity index (χ1n) is 6.92. The number of aryl methyl sites for hydroxylation is 2. The molecule has 0 atom stereocenters. The average molecular weight is 321 g/mol. The van der Waals surface area contributed by atoms with E-state index in [0.717, 1.165) is 35.1 Å². The summed E-state index contributed by atoms with van der Waals surface area (Å²) in [5, 5.41) is 4.86. The highest BCUT2D eigenvalue weighted by Crippen LogP contribution is 2.35. The van der Waals surface area contributed by atoms with Gasteiger partial charge in [0.05, 0.1) is 5.52 Å². The number of nitrogens with one attached hydrogen (secondary N) is 1. The number of rotatable bonds is 4. The maximum Gasteiger partial charge on any atom is 0.0870 e. The molecule has 3 heteroatoms. The minimum atomic E-state index is 0.998. The molecule has 0 saturated heterocycles. The largest absolute Gasteiger partial charge is 0.384 e. The molecule has 0 bridgehead atoms. The van der Waals surface area contributed by atoms with Crippen LogP contribution in [0.25, 0.3) is 10.9 Å². The van der Waals surface area contributed by atoms with Crippen LogP contribution in [0.4, 0.5) is 5.69 Å². The van der Waals surface area contributed by atoms with Crippen molar-refractivity contribution in [3.05, 3.63) is 33.4 Å². The van der Waals surface area contributed by atoms with Crippen LogP contribution >= 0.6 is 15.9 Å². The fraction of sp³-hybridized carbons (Fsp3) is 0.438. The van der Waals surface area contributed by atoms with E-state index in [4.69, 9.17) is 4.98 Å². The Kier molecular flexibility index (Phi) is 4.46. The van der Waals surface area contributed by atoms with Crippen LogP contribution in [-0.2, 0) is 6.42 Å². The normalized spacial score (nSPS) is 11.0. The summed E-state index contributed by atoms with van der Waals surface area (Å²) in [6, 6.07) is 4.24. The fourth-order valence-corrected chi connectivity index (χ4v) is 2.96. The molecule has 0 aliphatic carbocycles. The molecule has 0 saturated carbocycles. The SMILES string of the molecule is CCCNc1c(CC)c(C)nc2c(Br)ccc(C)c12. The molecule has 0 aliphatic rings. The van der Waals surface area contributed by atoms with Crippen LogP contribution in [0.3, 0.4) is 0 Å². The molecule has 0 spiro atoms. The van der Waals surface area contributed by atoms with Crippen LogP contribution in [-0.4, -0.2) is 11.5 Å². The highest BCUT2D eigenvalue weighted by Gasteiger charge is 2.14. The first-order valence-corrected chi connectivity index (χ1v) is 7.71. The molecule has 0 amide bonds. The predicted molar refractivity (Wildman–Crippen MR) is 87.1 cm³/mol. The Morgan fingerprint density at radius 1 is 1.21 bits per heavy atom. The second kappa shape index (κ2) is 5.91. The number of aromatic nitrogens is 1. The number of pyridine rings is 1. The Balaban J connectivity index is 2.80. The van der Waals surface area contributed by atoms with Crippen molar-refractivity contribution in [2.45, 2.75) is 40.5 Å². The summed E-state index contributed by atoms with van der Waals surface area (Å²) in [7, 11) is 0. The van der Waals surface area contributed by atoms with E-state index >= 15 is 0 Å². The monoisotopic (exact) mass is 320 g/mol. The smallest absolute Gasteiger partial charge is 0.0870 e. The second-order valence-electron chi connectivity index (χ2n) is 4.92. The maximum absolute atomic E-state index is 4.79. The zero-order chi connectivity index (χ0) is 14.0. The Bertz CT molecular complexity index is 605. The van der Waals surface area contributed by atoms with Crippen molar-refractivity contribution in [3.63, 3.8) is 0 Å². The van der Waals surface area contributed by atoms with Crippen LogP contribution in [0.2, 0.25) is 0 Å². The van der Waals surface area contributed by atoms with Gasteiger partial charge in [-0.05, 0) is 59.8 Å². The van der Waals surface area contributed by atoms with Gasteiger partial charge in [0.2, 0.25) is 0 Å². The molecule has 102 valence electrons. The van der Waals surface area contributed by atoms with E-state index in [-0.39, 0.29) is 0 Å². The molecular formula is C16H21BrN2. The van der Waals surface area contributed by atoms with Gasteiger partial charge in [-0.3, -0.25) is 4.98 Å². The minimum absolute atomic E-state index is 0.998. The summed E-state index contributed by atoms with van der Waals surface area (Å²) < 4.78 is 1.07. The lowest BCUT2D eigenvalue weighted by Gasteiger charge is -2.18. The zero-order valence-corrected chi connectivity index (χ0v) is 13.7. The average Bonchev–Trinajstić information content (AvgIpc) is 2.40. The Morgan fingerprint density at radius 2 is 1.95 bits per heavy atom. The van der Waals surface area contributed by atoms with E-state index in [1.165, 1.54) is 22.2 Å². The Hall–Kier alpha value is -1.09. The molecule has 0 aliphatic heterocycles. The third-order valence-corrected chi connectivity index (χ3v) is 4.15. The summed E-state index contributed by atoms with van der Waals surface area (Å²) in [4.78, 5) is 4.79. The van der Waals surface area contributed by atoms with Gasteiger partial charge in [0, 0.05) is 27.8 Å². The van der Waals surface area contributed by atoms with Crippen molar-refractivity contribution in [2.75, 3.05) is 11.9 Å². The molecule has 2 nitrogen and oxygen atoms in total. The van der Waals surface area contributed by atoms with E-state index in [0.29, 0.717) is 0 Å². The van der Waals surface area contributed by atoms with Gasteiger partial charge in [0.1, 0.15) is 0 Å². The lowest BCUT2D eigenvalue weighted by Crippen LogP contribution is -2.07. The van der Waals surface area contributed by atoms with Crippen LogP contribution in [0, 0.1) is 13.8 Å². The predicted octanol–water partition coefficient (Wildman–Crippen LogP) is 5.00. The quantitative estimate of drug-likeness (QED) is 0.857. The van der Waals surface area contributed by atoms with Crippen molar-refractivity contribution in [2.24, 2.45) is 0 Å². The van der Waals surface area contributed by atoms with E-state index in [2.05, 4.69) is 61.1 Å². The number of fused-ring (bicyclic) bond motifs is 1. The van der Waals surface area contributed by atoms with Crippen molar-refractivity contribution in [1.29, 1.82) is 0 Å². The van der Waals surface area contributed by atoms with E-state index in [1.807, 2.05) is 0 Å². The van der Waals surface area contributed by atoms with E-state index < -0.39 is 0 Å². The topological polar surface area (TPSA) is 24.9 Å². The number of halogens is 1. The molecule has 1 aromatic heterocycles. The summed E-state index contributed by atoms with van der Waals surface area (Å²) in [6.07, 6.45) is 2.13. The summed E-state index contributed by atoms with van der Waals surface area (Å²) in [5.74, 6) is 0. The van der Waals surface area contributed by atoms with Gasteiger partial charge in [0.15, 0.2) is 0 Å². The van der Waals surface area contributed by atoms with E-state index in [1.54, 1.807) is 0 Å². The first-order chi connectivity index (χ1) is 9.10. The minimum Gasteiger partial charge on any atom is -0.384 e. The third kappa shape index (κ3) is 2.62. The molecule has 1 heterocycles. The highest BCUT2D eigenvalue weighted by atomic mass is 79.9. The molecule has 1 aromatic carbocycles. The molecule has 0 unspecified atom stereocenters. The van der Waals surface area contributed by atoms with Gasteiger partial charge in [0.25, 0.3) is 0 Å². The van der Waals surface area contributed by atoms with Gasteiger partial charge in [-0.25, -0.2) is 0 Å². The maximum atomic E-state index is 4.79. The Morgan fingerprint density at radius 3 is 2.58 bits per heavy atom. The zero-order valence-electron chi connectivity index (χ0n) is 12.1. The van der Waals surface area contributed by atoms with Crippen molar-refractivity contribution in [1.82, 2.24) is 4.98 Å². The number of hydrogen-bond donors (Lipinski definition) is 1. The lowest BCUT2D eigenvalue weighted by molar-refractivity contribution is 0.968. The summed E-state index contributed by atoms with van der Waals surface area (Å²) in [5.41, 5.74) is 6.07. The number of anilines is 1. The first kappa shape index (κ1) is 14.3. The van der Waals surface area contributed by atoms with Gasteiger partial charge in [-0.2, -0.15) is 0 Å². The van der Waals surface area contributed by atoms with E-state index in [9.17, 15) is 0 Å². The van der Waals surface area contributed by atoms with Crippen LogP contribution in [0.5, 0.6) is 0 Å². The molecule has 0 fully saturated rings.